The van der Waals surface area contributed by atoms with Crippen LogP contribution in [-0.4, -0.2) is 28.9 Å². The molecule has 0 aliphatic heterocycles. The Hall–Kier alpha value is -1.91. The minimum atomic E-state index is -0.254. The van der Waals surface area contributed by atoms with Gasteiger partial charge in [0.15, 0.2) is 5.82 Å². The monoisotopic (exact) mass is 248 g/mol. The van der Waals surface area contributed by atoms with E-state index in [4.69, 9.17) is 0 Å². The number of halogens is 1. The topological polar surface area (TPSA) is 34.0 Å². The number of benzene rings is 1. The van der Waals surface area contributed by atoms with E-state index in [9.17, 15) is 4.39 Å². The summed E-state index contributed by atoms with van der Waals surface area (Å²) >= 11 is 0. The number of aromatic nitrogens is 3. The minimum absolute atomic E-state index is 0.254. The van der Waals surface area contributed by atoms with E-state index in [1.807, 2.05) is 32.0 Å². The highest BCUT2D eigenvalue weighted by Crippen LogP contribution is 2.23. The van der Waals surface area contributed by atoms with Crippen LogP contribution in [0.2, 0.25) is 0 Å². The summed E-state index contributed by atoms with van der Waals surface area (Å²) in [5.41, 5.74) is 1.05. The third-order valence-corrected chi connectivity index (χ3v) is 2.78. The van der Waals surface area contributed by atoms with Crippen molar-refractivity contribution in [2.24, 2.45) is 0 Å². The molecule has 0 aliphatic rings. The summed E-state index contributed by atoms with van der Waals surface area (Å²) in [7, 11) is 3.79. The van der Waals surface area contributed by atoms with Crippen LogP contribution in [-0.2, 0) is 6.54 Å². The fourth-order valence-electron chi connectivity index (χ4n) is 1.81. The SMILES string of the molecule is CCn1nc(-c2cccc(C)c2F)nc1N(C)C. The van der Waals surface area contributed by atoms with Gasteiger partial charge >= 0.3 is 0 Å². The summed E-state index contributed by atoms with van der Waals surface area (Å²) in [4.78, 5) is 6.26. The zero-order chi connectivity index (χ0) is 13.3. The van der Waals surface area contributed by atoms with E-state index >= 15 is 0 Å². The lowest BCUT2D eigenvalue weighted by Gasteiger charge is -2.10. The van der Waals surface area contributed by atoms with Gasteiger partial charge in [-0.2, -0.15) is 4.98 Å². The van der Waals surface area contributed by atoms with E-state index in [1.165, 1.54) is 0 Å². The molecule has 0 unspecified atom stereocenters. The van der Waals surface area contributed by atoms with Crippen molar-refractivity contribution >= 4 is 5.95 Å². The van der Waals surface area contributed by atoms with Crippen LogP contribution in [0.25, 0.3) is 11.4 Å². The molecular weight excluding hydrogens is 231 g/mol. The molecule has 0 fully saturated rings. The van der Waals surface area contributed by atoms with Gasteiger partial charge in [0, 0.05) is 20.6 Å². The summed E-state index contributed by atoms with van der Waals surface area (Å²) in [6.07, 6.45) is 0. The average Bonchev–Trinajstić information content (AvgIpc) is 2.76. The summed E-state index contributed by atoms with van der Waals surface area (Å²) in [6, 6.07) is 5.26. The lowest BCUT2D eigenvalue weighted by atomic mass is 10.1. The molecule has 0 radical (unpaired) electrons. The van der Waals surface area contributed by atoms with Crippen LogP contribution in [0.5, 0.6) is 0 Å². The minimum Gasteiger partial charge on any atom is -0.347 e. The van der Waals surface area contributed by atoms with Crippen LogP contribution < -0.4 is 4.90 Å². The molecule has 0 amide bonds. The number of aryl methyl sites for hydroxylation is 2. The third kappa shape index (κ3) is 2.08. The number of rotatable bonds is 3. The van der Waals surface area contributed by atoms with Crippen molar-refractivity contribution in [1.82, 2.24) is 14.8 Å². The van der Waals surface area contributed by atoms with Crippen molar-refractivity contribution in [2.75, 3.05) is 19.0 Å². The third-order valence-electron chi connectivity index (χ3n) is 2.78. The molecule has 0 saturated carbocycles. The van der Waals surface area contributed by atoms with E-state index in [0.717, 1.165) is 5.95 Å². The van der Waals surface area contributed by atoms with Gasteiger partial charge in [-0.25, -0.2) is 9.07 Å². The van der Waals surface area contributed by atoms with E-state index in [2.05, 4.69) is 10.1 Å². The van der Waals surface area contributed by atoms with E-state index in [1.54, 1.807) is 23.7 Å². The second-order valence-corrected chi connectivity index (χ2v) is 4.38. The molecule has 18 heavy (non-hydrogen) atoms. The molecule has 1 heterocycles. The van der Waals surface area contributed by atoms with E-state index in [0.29, 0.717) is 23.5 Å². The highest BCUT2D eigenvalue weighted by molar-refractivity contribution is 5.58. The Morgan fingerprint density at radius 1 is 1.33 bits per heavy atom. The first-order valence-electron chi connectivity index (χ1n) is 5.92. The normalized spacial score (nSPS) is 10.7. The molecule has 4 nitrogen and oxygen atoms in total. The van der Waals surface area contributed by atoms with E-state index < -0.39 is 0 Å². The van der Waals surface area contributed by atoms with Crippen molar-refractivity contribution in [1.29, 1.82) is 0 Å². The van der Waals surface area contributed by atoms with Crippen molar-refractivity contribution in [3.63, 3.8) is 0 Å². The Morgan fingerprint density at radius 2 is 2.06 bits per heavy atom. The Bertz CT molecular complexity index is 560. The van der Waals surface area contributed by atoms with Gasteiger partial charge in [-0.1, -0.05) is 12.1 Å². The van der Waals surface area contributed by atoms with Gasteiger partial charge in [0.2, 0.25) is 5.95 Å². The predicted octanol–water partition coefficient (Wildman–Crippen LogP) is 2.48. The summed E-state index contributed by atoms with van der Waals surface area (Å²) < 4.78 is 15.8. The Kier molecular flexibility index (Phi) is 3.32. The van der Waals surface area contributed by atoms with Crippen molar-refractivity contribution in [2.45, 2.75) is 20.4 Å². The van der Waals surface area contributed by atoms with Gasteiger partial charge in [-0.15, -0.1) is 5.10 Å². The van der Waals surface area contributed by atoms with Crippen LogP contribution in [0, 0.1) is 12.7 Å². The fourth-order valence-corrected chi connectivity index (χ4v) is 1.81. The molecule has 1 aromatic carbocycles. The summed E-state index contributed by atoms with van der Waals surface area (Å²) in [5.74, 6) is 0.909. The van der Waals surface area contributed by atoms with Crippen LogP contribution in [0.1, 0.15) is 12.5 Å². The lowest BCUT2D eigenvalue weighted by molar-refractivity contribution is 0.618. The van der Waals surface area contributed by atoms with Crippen molar-refractivity contribution < 1.29 is 4.39 Å². The van der Waals surface area contributed by atoms with Crippen LogP contribution in [0.4, 0.5) is 10.3 Å². The van der Waals surface area contributed by atoms with Gasteiger partial charge < -0.3 is 4.90 Å². The van der Waals surface area contributed by atoms with Gasteiger partial charge in [-0.3, -0.25) is 0 Å². The highest BCUT2D eigenvalue weighted by atomic mass is 19.1. The van der Waals surface area contributed by atoms with Gasteiger partial charge in [0.1, 0.15) is 5.82 Å². The largest absolute Gasteiger partial charge is 0.347 e. The molecule has 0 aliphatic carbocycles. The van der Waals surface area contributed by atoms with Gasteiger partial charge in [0.05, 0.1) is 5.56 Å². The first-order valence-corrected chi connectivity index (χ1v) is 5.92. The van der Waals surface area contributed by atoms with Crippen LogP contribution >= 0.6 is 0 Å². The smallest absolute Gasteiger partial charge is 0.223 e. The highest BCUT2D eigenvalue weighted by Gasteiger charge is 2.15. The first kappa shape index (κ1) is 12.5. The van der Waals surface area contributed by atoms with Crippen molar-refractivity contribution in [3.05, 3.63) is 29.6 Å². The number of hydrogen-bond acceptors (Lipinski definition) is 3. The maximum atomic E-state index is 14.0. The Morgan fingerprint density at radius 3 is 2.61 bits per heavy atom. The van der Waals surface area contributed by atoms with Crippen LogP contribution in [0.15, 0.2) is 18.2 Å². The second kappa shape index (κ2) is 4.76. The maximum absolute atomic E-state index is 14.0. The predicted molar refractivity (Wildman–Crippen MR) is 70.2 cm³/mol. The average molecular weight is 248 g/mol. The Balaban J connectivity index is 2.55. The lowest BCUT2D eigenvalue weighted by Crippen LogP contribution is -2.15. The molecular formula is C13H17FN4. The molecule has 5 heteroatoms. The number of nitrogens with zero attached hydrogens (tertiary/aromatic N) is 4. The first-order chi connectivity index (χ1) is 8.54. The quantitative estimate of drug-likeness (QED) is 0.836. The molecule has 1 aromatic heterocycles. The van der Waals surface area contributed by atoms with Crippen LogP contribution in [0.3, 0.4) is 0 Å². The van der Waals surface area contributed by atoms with Gasteiger partial charge in [0.25, 0.3) is 0 Å². The molecule has 0 atom stereocenters. The Labute approximate surface area is 106 Å². The summed E-state index contributed by atoms with van der Waals surface area (Å²) in [5, 5.41) is 4.35. The fraction of sp³-hybridized carbons (Fsp3) is 0.385. The molecule has 0 N–H and O–H groups in total. The molecule has 0 spiro atoms. The van der Waals surface area contributed by atoms with Gasteiger partial charge in [-0.05, 0) is 25.5 Å². The second-order valence-electron chi connectivity index (χ2n) is 4.38. The summed E-state index contributed by atoms with van der Waals surface area (Å²) in [6.45, 7) is 4.43. The zero-order valence-electron chi connectivity index (χ0n) is 11.1. The van der Waals surface area contributed by atoms with Crippen molar-refractivity contribution in [3.8, 4) is 11.4 Å². The van der Waals surface area contributed by atoms with E-state index in [-0.39, 0.29) is 5.82 Å². The molecule has 2 rings (SSSR count). The number of anilines is 1. The standard InChI is InChI=1S/C13H17FN4/c1-5-18-13(17(3)4)15-12(16-18)10-8-6-7-9(2)11(10)14/h6-8H,5H2,1-4H3. The molecule has 0 saturated heterocycles. The maximum Gasteiger partial charge on any atom is 0.223 e. The molecule has 0 bridgehead atoms. The zero-order valence-corrected chi connectivity index (χ0v) is 11.1. The number of hydrogen-bond donors (Lipinski definition) is 0. The molecule has 96 valence electrons. The molecule has 2 aromatic rings.